The summed E-state index contributed by atoms with van der Waals surface area (Å²) in [6.45, 7) is 0.341. The molecule has 0 spiro atoms. The van der Waals surface area contributed by atoms with Crippen molar-refractivity contribution in [2.45, 2.75) is 11.8 Å². The minimum absolute atomic E-state index is 0.152. The fourth-order valence-electron chi connectivity index (χ4n) is 1.62. The van der Waals surface area contributed by atoms with Gasteiger partial charge in [0.15, 0.2) is 11.8 Å². The highest BCUT2D eigenvalue weighted by Gasteiger charge is 2.46. The van der Waals surface area contributed by atoms with Crippen LogP contribution < -0.4 is 11.1 Å². The van der Waals surface area contributed by atoms with Crippen LogP contribution in [0.15, 0.2) is 30.3 Å². The summed E-state index contributed by atoms with van der Waals surface area (Å²) >= 11 is 0. The van der Waals surface area contributed by atoms with Gasteiger partial charge in [-0.25, -0.2) is 4.79 Å². The SMILES string of the molecule is NCCNC(C(=O)O)(c1ccccc1)C(O)O. The van der Waals surface area contributed by atoms with E-state index in [0.29, 0.717) is 0 Å². The van der Waals surface area contributed by atoms with Crippen LogP contribution in [-0.4, -0.2) is 40.7 Å². The first-order chi connectivity index (χ1) is 8.05. The summed E-state index contributed by atoms with van der Waals surface area (Å²) in [5.74, 6) is -1.37. The molecule has 0 heterocycles. The predicted octanol–water partition coefficient (Wildman–Crippen LogP) is -1.17. The van der Waals surface area contributed by atoms with Crippen LogP contribution in [0.3, 0.4) is 0 Å². The molecule has 1 aromatic carbocycles. The normalized spacial score (nSPS) is 14.6. The van der Waals surface area contributed by atoms with Gasteiger partial charge >= 0.3 is 5.97 Å². The molecule has 0 aliphatic rings. The Morgan fingerprint density at radius 1 is 1.35 bits per heavy atom. The molecular formula is C11H16N2O4. The molecule has 0 aliphatic heterocycles. The molecule has 0 saturated carbocycles. The summed E-state index contributed by atoms with van der Waals surface area (Å²) in [6.07, 6.45) is -2.08. The van der Waals surface area contributed by atoms with Crippen molar-refractivity contribution in [3.05, 3.63) is 35.9 Å². The first-order valence-corrected chi connectivity index (χ1v) is 5.16. The number of rotatable bonds is 6. The monoisotopic (exact) mass is 240 g/mol. The van der Waals surface area contributed by atoms with Crippen molar-refractivity contribution < 1.29 is 20.1 Å². The van der Waals surface area contributed by atoms with E-state index in [-0.39, 0.29) is 18.7 Å². The van der Waals surface area contributed by atoms with E-state index in [4.69, 9.17) is 5.73 Å². The van der Waals surface area contributed by atoms with Crippen LogP contribution in [0.25, 0.3) is 0 Å². The van der Waals surface area contributed by atoms with Crippen molar-refractivity contribution >= 4 is 5.97 Å². The Balaban J connectivity index is 3.20. The van der Waals surface area contributed by atoms with E-state index in [9.17, 15) is 20.1 Å². The van der Waals surface area contributed by atoms with Crippen molar-refractivity contribution in [3.63, 3.8) is 0 Å². The first-order valence-electron chi connectivity index (χ1n) is 5.16. The molecule has 94 valence electrons. The third-order valence-corrected chi connectivity index (χ3v) is 2.50. The van der Waals surface area contributed by atoms with Gasteiger partial charge in [0.25, 0.3) is 0 Å². The molecule has 0 radical (unpaired) electrons. The summed E-state index contributed by atoms with van der Waals surface area (Å²) in [4.78, 5) is 11.3. The number of hydrogen-bond acceptors (Lipinski definition) is 5. The summed E-state index contributed by atoms with van der Waals surface area (Å²) in [5.41, 5.74) is 3.60. The second kappa shape index (κ2) is 5.74. The van der Waals surface area contributed by atoms with Gasteiger partial charge < -0.3 is 21.1 Å². The quantitative estimate of drug-likeness (QED) is 0.400. The number of nitrogens with two attached hydrogens (primary N) is 1. The lowest BCUT2D eigenvalue weighted by Gasteiger charge is -2.32. The maximum absolute atomic E-state index is 11.3. The molecule has 1 unspecified atom stereocenters. The Bertz CT molecular complexity index is 369. The number of carboxylic acid groups (broad SMARTS) is 1. The largest absolute Gasteiger partial charge is 0.479 e. The number of aliphatic hydroxyl groups excluding tert-OH is 1. The van der Waals surface area contributed by atoms with E-state index in [2.05, 4.69) is 5.32 Å². The van der Waals surface area contributed by atoms with Crippen molar-refractivity contribution in [2.24, 2.45) is 5.73 Å². The molecule has 1 aromatic rings. The molecule has 1 atom stereocenters. The van der Waals surface area contributed by atoms with Gasteiger partial charge in [-0.15, -0.1) is 0 Å². The summed E-state index contributed by atoms with van der Waals surface area (Å²) in [7, 11) is 0. The highest BCUT2D eigenvalue weighted by Crippen LogP contribution is 2.24. The van der Waals surface area contributed by atoms with Crippen molar-refractivity contribution in [1.29, 1.82) is 0 Å². The fraction of sp³-hybridized carbons (Fsp3) is 0.364. The molecular weight excluding hydrogens is 224 g/mol. The third kappa shape index (κ3) is 2.62. The summed E-state index contributed by atoms with van der Waals surface area (Å²) < 4.78 is 0. The van der Waals surface area contributed by atoms with Gasteiger partial charge in [-0.3, -0.25) is 5.32 Å². The van der Waals surface area contributed by atoms with Gasteiger partial charge in [0.2, 0.25) is 0 Å². The van der Waals surface area contributed by atoms with E-state index >= 15 is 0 Å². The van der Waals surface area contributed by atoms with Gasteiger partial charge in [0.05, 0.1) is 0 Å². The van der Waals surface area contributed by atoms with Gasteiger partial charge in [-0.05, 0) is 5.56 Å². The van der Waals surface area contributed by atoms with E-state index in [1.807, 2.05) is 0 Å². The van der Waals surface area contributed by atoms with Crippen LogP contribution in [0.1, 0.15) is 5.56 Å². The van der Waals surface area contributed by atoms with E-state index in [0.717, 1.165) is 0 Å². The van der Waals surface area contributed by atoms with E-state index in [1.54, 1.807) is 18.2 Å². The van der Waals surface area contributed by atoms with Gasteiger partial charge in [0, 0.05) is 13.1 Å². The van der Waals surface area contributed by atoms with Crippen LogP contribution in [0.4, 0.5) is 0 Å². The number of carbonyl (C=O) groups is 1. The fourth-order valence-corrected chi connectivity index (χ4v) is 1.62. The van der Waals surface area contributed by atoms with Crippen molar-refractivity contribution in [1.82, 2.24) is 5.32 Å². The lowest BCUT2D eigenvalue weighted by Crippen LogP contribution is -2.58. The van der Waals surface area contributed by atoms with Crippen LogP contribution in [0.2, 0.25) is 0 Å². The first kappa shape index (κ1) is 13.6. The predicted molar refractivity (Wildman–Crippen MR) is 61.0 cm³/mol. The number of aliphatic carboxylic acids is 1. The molecule has 0 amide bonds. The van der Waals surface area contributed by atoms with Crippen LogP contribution >= 0.6 is 0 Å². The second-order valence-corrected chi connectivity index (χ2v) is 3.57. The Morgan fingerprint density at radius 2 is 1.94 bits per heavy atom. The lowest BCUT2D eigenvalue weighted by molar-refractivity contribution is -0.169. The Labute approximate surface area is 98.7 Å². The summed E-state index contributed by atoms with van der Waals surface area (Å²) in [6, 6.07) is 7.98. The molecule has 6 nitrogen and oxygen atoms in total. The smallest absolute Gasteiger partial charge is 0.333 e. The molecule has 6 heteroatoms. The minimum atomic E-state index is -2.08. The number of aliphatic hydroxyl groups is 2. The Hall–Kier alpha value is -1.47. The number of nitrogens with one attached hydrogen (secondary N) is 1. The number of benzene rings is 1. The molecule has 0 bridgehead atoms. The van der Waals surface area contributed by atoms with E-state index < -0.39 is 17.8 Å². The molecule has 1 rings (SSSR count). The number of carboxylic acids is 1. The second-order valence-electron chi connectivity index (χ2n) is 3.57. The average Bonchev–Trinajstić information content (AvgIpc) is 2.30. The molecule has 0 aliphatic carbocycles. The molecule has 6 N–H and O–H groups in total. The van der Waals surface area contributed by atoms with Crippen LogP contribution in [0.5, 0.6) is 0 Å². The number of hydrogen-bond donors (Lipinski definition) is 5. The maximum atomic E-state index is 11.3. The van der Waals surface area contributed by atoms with Gasteiger partial charge in [0.1, 0.15) is 0 Å². The highest BCUT2D eigenvalue weighted by atomic mass is 16.5. The maximum Gasteiger partial charge on any atom is 0.333 e. The van der Waals surface area contributed by atoms with Crippen LogP contribution in [-0.2, 0) is 10.3 Å². The zero-order valence-corrected chi connectivity index (χ0v) is 9.21. The van der Waals surface area contributed by atoms with Gasteiger partial charge in [-0.1, -0.05) is 30.3 Å². The molecule has 0 saturated heterocycles. The highest BCUT2D eigenvalue weighted by molar-refractivity contribution is 5.81. The standard InChI is InChI=1S/C11H16N2O4/c12-6-7-13-11(9(14)15,10(16)17)8-4-2-1-3-5-8/h1-5,9,13-15H,6-7,12H2,(H,16,17). The molecule has 17 heavy (non-hydrogen) atoms. The average molecular weight is 240 g/mol. The Kier molecular flexibility index (Phi) is 4.59. The van der Waals surface area contributed by atoms with Gasteiger partial charge in [-0.2, -0.15) is 0 Å². The van der Waals surface area contributed by atoms with Crippen LogP contribution in [0, 0.1) is 0 Å². The third-order valence-electron chi connectivity index (χ3n) is 2.50. The zero-order chi connectivity index (χ0) is 12.9. The topological polar surface area (TPSA) is 116 Å². The van der Waals surface area contributed by atoms with Crippen molar-refractivity contribution in [2.75, 3.05) is 13.1 Å². The molecule has 0 fully saturated rings. The molecule has 0 aromatic heterocycles. The summed E-state index contributed by atoms with van der Waals surface area (Å²) in [5, 5.41) is 30.6. The van der Waals surface area contributed by atoms with E-state index in [1.165, 1.54) is 12.1 Å². The lowest BCUT2D eigenvalue weighted by atomic mass is 9.89. The van der Waals surface area contributed by atoms with Crippen molar-refractivity contribution in [3.8, 4) is 0 Å². The Morgan fingerprint density at radius 3 is 2.35 bits per heavy atom. The minimum Gasteiger partial charge on any atom is -0.479 e. The zero-order valence-electron chi connectivity index (χ0n) is 9.21.